The first-order valence-corrected chi connectivity index (χ1v) is 12.1. The molecule has 34 heavy (non-hydrogen) atoms. The van der Waals surface area contributed by atoms with Gasteiger partial charge in [-0.3, -0.25) is 9.10 Å². The number of hydrogen-bond acceptors (Lipinski definition) is 5. The Morgan fingerprint density at radius 2 is 1.76 bits per heavy atom. The van der Waals surface area contributed by atoms with Gasteiger partial charge in [-0.1, -0.05) is 43.0 Å². The summed E-state index contributed by atoms with van der Waals surface area (Å²) >= 11 is 0. The predicted molar refractivity (Wildman–Crippen MR) is 135 cm³/mol. The van der Waals surface area contributed by atoms with Crippen molar-refractivity contribution < 1.29 is 17.9 Å². The second-order valence-corrected chi connectivity index (χ2v) is 9.44. The van der Waals surface area contributed by atoms with Crippen LogP contribution in [0, 0.1) is 13.8 Å². The quantitative estimate of drug-likeness (QED) is 0.269. The molecule has 8 heteroatoms. The number of sulfonamides is 1. The van der Waals surface area contributed by atoms with Crippen molar-refractivity contribution in [2.24, 2.45) is 5.10 Å². The van der Waals surface area contributed by atoms with Gasteiger partial charge in [-0.25, -0.2) is 13.8 Å². The molecular formula is C26H27N3O4S. The average molecular weight is 478 g/mol. The van der Waals surface area contributed by atoms with Crippen LogP contribution in [0.1, 0.15) is 16.7 Å². The van der Waals surface area contributed by atoms with Gasteiger partial charge in [-0.15, -0.1) is 0 Å². The highest BCUT2D eigenvalue weighted by atomic mass is 32.2. The number of rotatable bonds is 10. The number of carbonyl (C=O) groups excluding carboxylic acids is 1. The van der Waals surface area contributed by atoms with Crippen LogP contribution >= 0.6 is 0 Å². The van der Waals surface area contributed by atoms with Gasteiger partial charge in [-0.2, -0.15) is 5.10 Å². The monoisotopic (exact) mass is 477 g/mol. The molecule has 3 aromatic rings. The Balaban J connectivity index is 1.78. The molecule has 0 spiro atoms. The summed E-state index contributed by atoms with van der Waals surface area (Å²) in [5.41, 5.74) is 5.22. The van der Waals surface area contributed by atoms with Crippen LogP contribution in [-0.4, -0.2) is 33.7 Å². The van der Waals surface area contributed by atoms with Gasteiger partial charge in [0, 0.05) is 0 Å². The van der Waals surface area contributed by atoms with Crippen molar-refractivity contribution in [3.63, 3.8) is 0 Å². The van der Waals surface area contributed by atoms with Gasteiger partial charge in [0.15, 0.2) is 0 Å². The lowest BCUT2D eigenvalue weighted by Crippen LogP contribution is -2.40. The largest absolute Gasteiger partial charge is 0.490 e. The lowest BCUT2D eigenvalue weighted by molar-refractivity contribution is -0.119. The third-order valence-electron chi connectivity index (χ3n) is 4.90. The molecule has 7 nitrogen and oxygen atoms in total. The lowest BCUT2D eigenvalue weighted by Gasteiger charge is -2.25. The molecule has 0 saturated carbocycles. The number of aryl methyl sites for hydroxylation is 2. The first-order chi connectivity index (χ1) is 16.3. The summed E-state index contributed by atoms with van der Waals surface area (Å²) in [5.74, 6) is 0.124. The highest BCUT2D eigenvalue weighted by Crippen LogP contribution is 2.27. The summed E-state index contributed by atoms with van der Waals surface area (Å²) < 4.78 is 33.4. The van der Waals surface area contributed by atoms with E-state index >= 15 is 0 Å². The van der Waals surface area contributed by atoms with Crippen LogP contribution in [0.25, 0.3) is 0 Å². The number of benzene rings is 3. The predicted octanol–water partition coefficient (Wildman–Crippen LogP) is 4.21. The van der Waals surface area contributed by atoms with E-state index in [1.807, 2.05) is 19.1 Å². The fourth-order valence-corrected chi connectivity index (χ4v) is 4.66. The topological polar surface area (TPSA) is 88.1 Å². The molecular weight excluding hydrogens is 450 g/mol. The highest BCUT2D eigenvalue weighted by molar-refractivity contribution is 7.92. The van der Waals surface area contributed by atoms with Crippen molar-refractivity contribution in [2.45, 2.75) is 18.7 Å². The van der Waals surface area contributed by atoms with E-state index in [9.17, 15) is 13.2 Å². The van der Waals surface area contributed by atoms with E-state index < -0.39 is 22.5 Å². The summed E-state index contributed by atoms with van der Waals surface area (Å²) in [4.78, 5) is 12.8. The maximum Gasteiger partial charge on any atom is 0.264 e. The number of hydrogen-bond donors (Lipinski definition) is 1. The summed E-state index contributed by atoms with van der Waals surface area (Å²) in [7, 11) is -3.98. The van der Waals surface area contributed by atoms with E-state index in [4.69, 9.17) is 4.74 Å². The number of nitrogens with one attached hydrogen (secondary N) is 1. The average Bonchev–Trinajstić information content (AvgIpc) is 2.84. The number of amides is 1. The highest BCUT2D eigenvalue weighted by Gasteiger charge is 2.28. The van der Waals surface area contributed by atoms with Gasteiger partial charge in [0.05, 0.1) is 16.8 Å². The molecule has 0 aliphatic heterocycles. The van der Waals surface area contributed by atoms with Crippen LogP contribution < -0.4 is 14.5 Å². The number of nitrogens with zero attached hydrogens (tertiary/aromatic N) is 2. The third-order valence-corrected chi connectivity index (χ3v) is 6.68. The molecule has 1 N–H and O–H groups in total. The van der Waals surface area contributed by atoms with Crippen molar-refractivity contribution in [1.82, 2.24) is 5.43 Å². The minimum atomic E-state index is -3.98. The van der Waals surface area contributed by atoms with Crippen LogP contribution in [0.2, 0.25) is 0 Å². The van der Waals surface area contributed by atoms with Crippen LogP contribution in [0.15, 0.2) is 95.4 Å². The zero-order valence-electron chi connectivity index (χ0n) is 19.1. The second-order valence-electron chi connectivity index (χ2n) is 7.58. The van der Waals surface area contributed by atoms with Crippen LogP contribution in [0.4, 0.5) is 5.69 Å². The Morgan fingerprint density at radius 3 is 2.44 bits per heavy atom. The molecule has 0 atom stereocenters. The molecule has 176 valence electrons. The van der Waals surface area contributed by atoms with Crippen LogP contribution in [-0.2, 0) is 14.8 Å². The Kier molecular flexibility index (Phi) is 8.21. The number of anilines is 1. The van der Waals surface area contributed by atoms with Crippen molar-refractivity contribution in [3.8, 4) is 5.75 Å². The molecule has 0 heterocycles. The standard InChI is InChI=1S/C26H27N3O4S/c1-4-16-33-23-14-12-22(13-15-23)18-27-28-26(30)19-29(25-17-20(2)10-11-21(25)3)34(31,32)24-8-6-5-7-9-24/h4-15,17-18H,1,16,19H2,2-3H3,(H,28,30)/b27-18-. The van der Waals surface area contributed by atoms with Gasteiger partial charge in [-0.05, 0) is 73.0 Å². The maximum absolute atomic E-state index is 13.4. The zero-order valence-corrected chi connectivity index (χ0v) is 20.0. The Morgan fingerprint density at radius 1 is 1.06 bits per heavy atom. The number of ether oxygens (including phenoxy) is 1. The molecule has 0 fully saturated rings. The first-order valence-electron chi connectivity index (χ1n) is 10.6. The maximum atomic E-state index is 13.4. The number of carbonyl (C=O) groups is 1. The van der Waals surface area contributed by atoms with E-state index in [1.165, 1.54) is 18.3 Å². The minimum absolute atomic E-state index is 0.103. The lowest BCUT2D eigenvalue weighted by atomic mass is 10.1. The van der Waals surface area contributed by atoms with E-state index in [2.05, 4.69) is 17.1 Å². The Labute approximate surface area is 200 Å². The second kappa shape index (κ2) is 11.3. The molecule has 0 bridgehead atoms. The molecule has 0 aliphatic carbocycles. The van der Waals surface area contributed by atoms with Crippen LogP contribution in [0.3, 0.4) is 0 Å². The fourth-order valence-electron chi connectivity index (χ4n) is 3.16. The Bertz CT molecular complexity index is 1270. The first kappa shape index (κ1) is 24.7. The Hall–Kier alpha value is -3.91. The fraction of sp³-hybridized carbons (Fsp3) is 0.154. The van der Waals surface area contributed by atoms with Gasteiger partial charge in [0.2, 0.25) is 0 Å². The molecule has 3 aromatic carbocycles. The smallest absolute Gasteiger partial charge is 0.264 e. The van der Waals surface area contributed by atoms with Crippen molar-refractivity contribution in [2.75, 3.05) is 17.5 Å². The molecule has 1 amide bonds. The summed E-state index contributed by atoms with van der Waals surface area (Å²) in [5, 5.41) is 3.97. The SMILES string of the molecule is C=CCOc1ccc(/C=N\NC(=O)CN(c2cc(C)ccc2C)S(=O)(=O)c2ccccc2)cc1. The molecule has 0 unspecified atom stereocenters. The van der Waals surface area contributed by atoms with Crippen molar-refractivity contribution in [3.05, 3.63) is 102 Å². The summed E-state index contributed by atoms with van der Waals surface area (Å²) in [6, 6.07) is 20.6. The van der Waals surface area contributed by atoms with E-state index in [0.717, 1.165) is 21.0 Å². The normalized spacial score (nSPS) is 11.2. The summed E-state index contributed by atoms with van der Waals surface area (Å²) in [6.45, 7) is 7.27. The molecule has 0 aliphatic rings. The van der Waals surface area contributed by atoms with Crippen LogP contribution in [0.5, 0.6) is 5.75 Å². The van der Waals surface area contributed by atoms with E-state index in [0.29, 0.717) is 18.0 Å². The number of hydrazone groups is 1. The molecule has 0 radical (unpaired) electrons. The summed E-state index contributed by atoms with van der Waals surface area (Å²) in [6.07, 6.45) is 3.13. The van der Waals surface area contributed by atoms with E-state index in [-0.39, 0.29) is 4.90 Å². The van der Waals surface area contributed by atoms with Gasteiger partial charge in [0.25, 0.3) is 15.9 Å². The van der Waals surface area contributed by atoms with Crippen molar-refractivity contribution >= 4 is 27.8 Å². The molecule has 0 aromatic heterocycles. The van der Waals surface area contributed by atoms with E-state index in [1.54, 1.807) is 61.5 Å². The third kappa shape index (κ3) is 6.32. The zero-order chi connectivity index (χ0) is 24.6. The van der Waals surface area contributed by atoms with Gasteiger partial charge in [0.1, 0.15) is 18.9 Å². The van der Waals surface area contributed by atoms with Gasteiger partial charge >= 0.3 is 0 Å². The minimum Gasteiger partial charge on any atom is -0.490 e. The molecule has 0 saturated heterocycles. The van der Waals surface area contributed by atoms with Crippen molar-refractivity contribution in [1.29, 1.82) is 0 Å². The van der Waals surface area contributed by atoms with Gasteiger partial charge < -0.3 is 4.74 Å². The molecule has 3 rings (SSSR count).